The molecule has 6 heteroatoms. The van der Waals surface area contributed by atoms with Gasteiger partial charge in [0, 0.05) is 13.3 Å². The molecule has 1 aromatic carbocycles. The monoisotopic (exact) mass is 269 g/mol. The highest BCUT2D eigenvalue weighted by Crippen LogP contribution is 2.16. The van der Waals surface area contributed by atoms with Gasteiger partial charge in [0.1, 0.15) is 5.82 Å². The van der Waals surface area contributed by atoms with Crippen molar-refractivity contribution >= 4 is 22.5 Å². The second kappa shape index (κ2) is 5.66. The Bertz CT molecular complexity index is 709. The second-order valence-corrected chi connectivity index (χ2v) is 4.35. The first-order chi connectivity index (χ1) is 9.85. The Morgan fingerprint density at radius 3 is 2.90 bits per heavy atom. The second-order valence-electron chi connectivity index (χ2n) is 4.35. The Morgan fingerprint density at radius 2 is 2.05 bits per heavy atom. The third kappa shape index (κ3) is 2.75. The van der Waals surface area contributed by atoms with Crippen molar-refractivity contribution in [3.63, 3.8) is 0 Å². The highest BCUT2D eigenvalue weighted by atomic mass is 16.5. The van der Waals surface area contributed by atoms with E-state index in [4.69, 9.17) is 4.74 Å². The maximum Gasteiger partial charge on any atom is 0.149 e. The van der Waals surface area contributed by atoms with Crippen LogP contribution < -0.4 is 5.32 Å². The van der Waals surface area contributed by atoms with Gasteiger partial charge in [0.25, 0.3) is 0 Å². The van der Waals surface area contributed by atoms with Crippen LogP contribution in [0.2, 0.25) is 0 Å². The largest absolute Gasteiger partial charge is 0.383 e. The van der Waals surface area contributed by atoms with Gasteiger partial charge in [-0.3, -0.25) is 9.67 Å². The van der Waals surface area contributed by atoms with Crippen molar-refractivity contribution in [1.82, 2.24) is 19.7 Å². The van der Waals surface area contributed by atoms with E-state index < -0.39 is 0 Å². The van der Waals surface area contributed by atoms with Crippen molar-refractivity contribution < 1.29 is 4.74 Å². The lowest BCUT2D eigenvalue weighted by atomic mass is 10.3. The number of para-hydroxylation sites is 2. The molecule has 20 heavy (non-hydrogen) atoms. The Labute approximate surface area is 116 Å². The Kier molecular flexibility index (Phi) is 3.56. The number of hydrogen-bond donors (Lipinski definition) is 1. The third-order valence-corrected chi connectivity index (χ3v) is 2.88. The molecular formula is C14H15N5O. The molecule has 1 N–H and O–H groups in total. The summed E-state index contributed by atoms with van der Waals surface area (Å²) in [6.45, 7) is 1.36. The van der Waals surface area contributed by atoms with Crippen LogP contribution in [-0.4, -0.2) is 33.5 Å². The Balaban J connectivity index is 1.76. The standard InChI is InChI=1S/C14H15N5O/c1-20-7-6-19-10-11(8-16-19)17-14-9-15-12-4-2-3-5-13(12)18-14/h2-5,8-10H,6-7H2,1H3,(H,17,18). The van der Waals surface area contributed by atoms with Crippen molar-refractivity contribution in [3.05, 3.63) is 42.9 Å². The predicted molar refractivity (Wildman–Crippen MR) is 76.9 cm³/mol. The van der Waals surface area contributed by atoms with E-state index in [9.17, 15) is 0 Å². The van der Waals surface area contributed by atoms with Gasteiger partial charge in [0.15, 0.2) is 0 Å². The summed E-state index contributed by atoms with van der Waals surface area (Å²) in [6, 6.07) is 7.78. The molecule has 3 aromatic rings. The van der Waals surface area contributed by atoms with Crippen molar-refractivity contribution in [3.8, 4) is 0 Å². The van der Waals surface area contributed by atoms with Crippen LogP contribution in [0.3, 0.4) is 0 Å². The van der Waals surface area contributed by atoms with E-state index in [-0.39, 0.29) is 0 Å². The van der Waals surface area contributed by atoms with Gasteiger partial charge in [-0.1, -0.05) is 12.1 Å². The number of hydrogen-bond acceptors (Lipinski definition) is 5. The van der Waals surface area contributed by atoms with E-state index in [0.29, 0.717) is 12.4 Å². The molecule has 0 unspecified atom stereocenters. The summed E-state index contributed by atoms with van der Waals surface area (Å²) in [5.41, 5.74) is 2.63. The fraction of sp³-hybridized carbons (Fsp3) is 0.214. The molecule has 0 fully saturated rings. The normalized spacial score (nSPS) is 10.8. The zero-order valence-corrected chi connectivity index (χ0v) is 11.2. The zero-order valence-electron chi connectivity index (χ0n) is 11.2. The van der Waals surface area contributed by atoms with Gasteiger partial charge < -0.3 is 10.1 Å². The highest BCUT2D eigenvalue weighted by molar-refractivity contribution is 5.75. The lowest BCUT2D eigenvalue weighted by Gasteiger charge is -2.03. The van der Waals surface area contributed by atoms with E-state index in [1.807, 2.05) is 35.1 Å². The van der Waals surface area contributed by atoms with Crippen LogP contribution in [0.15, 0.2) is 42.9 Å². The van der Waals surface area contributed by atoms with Gasteiger partial charge in [0.2, 0.25) is 0 Å². The first kappa shape index (κ1) is 12.6. The number of aromatic nitrogens is 4. The summed E-state index contributed by atoms with van der Waals surface area (Å²) in [5, 5.41) is 7.43. The average Bonchev–Trinajstić information content (AvgIpc) is 2.92. The molecule has 0 saturated heterocycles. The number of benzene rings is 1. The van der Waals surface area contributed by atoms with Crippen LogP contribution >= 0.6 is 0 Å². The lowest BCUT2D eigenvalue weighted by molar-refractivity contribution is 0.183. The molecule has 0 aliphatic rings. The summed E-state index contributed by atoms with van der Waals surface area (Å²) in [4.78, 5) is 8.87. The number of methoxy groups -OCH3 is 1. The number of nitrogens with one attached hydrogen (secondary N) is 1. The topological polar surface area (TPSA) is 64.9 Å². The van der Waals surface area contributed by atoms with Gasteiger partial charge in [-0.05, 0) is 12.1 Å². The zero-order chi connectivity index (χ0) is 13.8. The van der Waals surface area contributed by atoms with Crippen molar-refractivity contribution in [2.45, 2.75) is 6.54 Å². The first-order valence-electron chi connectivity index (χ1n) is 6.35. The SMILES string of the molecule is COCCn1cc(Nc2cnc3ccccc3n2)cn1. The molecule has 2 aromatic heterocycles. The molecule has 2 heterocycles. The van der Waals surface area contributed by atoms with Crippen molar-refractivity contribution in [2.24, 2.45) is 0 Å². The van der Waals surface area contributed by atoms with Gasteiger partial charge >= 0.3 is 0 Å². The maximum atomic E-state index is 5.02. The highest BCUT2D eigenvalue weighted by Gasteiger charge is 2.02. The summed E-state index contributed by atoms with van der Waals surface area (Å²) >= 11 is 0. The number of ether oxygens (including phenoxy) is 1. The summed E-state index contributed by atoms with van der Waals surface area (Å²) < 4.78 is 6.84. The van der Waals surface area contributed by atoms with Gasteiger partial charge in [-0.25, -0.2) is 4.98 Å². The minimum atomic E-state index is 0.636. The van der Waals surface area contributed by atoms with Gasteiger partial charge in [0.05, 0.1) is 42.3 Å². The smallest absolute Gasteiger partial charge is 0.149 e. The molecular weight excluding hydrogens is 254 g/mol. The maximum absolute atomic E-state index is 5.02. The van der Waals surface area contributed by atoms with E-state index in [1.165, 1.54) is 0 Å². The molecule has 0 aliphatic heterocycles. The predicted octanol–water partition coefficient (Wildman–Crippen LogP) is 2.22. The minimum absolute atomic E-state index is 0.636. The number of nitrogens with zero attached hydrogens (tertiary/aromatic N) is 4. The molecule has 0 spiro atoms. The van der Waals surface area contributed by atoms with E-state index in [2.05, 4.69) is 20.4 Å². The molecule has 0 atom stereocenters. The molecule has 6 nitrogen and oxygen atoms in total. The van der Waals surface area contributed by atoms with E-state index in [1.54, 1.807) is 19.5 Å². The summed E-state index contributed by atoms with van der Waals surface area (Å²) in [6.07, 6.45) is 5.39. The minimum Gasteiger partial charge on any atom is -0.383 e. The number of fused-ring (bicyclic) bond motifs is 1. The quantitative estimate of drug-likeness (QED) is 0.769. The van der Waals surface area contributed by atoms with E-state index in [0.717, 1.165) is 23.3 Å². The molecule has 0 bridgehead atoms. The molecule has 0 aliphatic carbocycles. The summed E-state index contributed by atoms with van der Waals surface area (Å²) in [5.74, 6) is 0.704. The Hall–Kier alpha value is -2.47. The van der Waals surface area contributed by atoms with Crippen LogP contribution in [0.1, 0.15) is 0 Å². The van der Waals surface area contributed by atoms with Gasteiger partial charge in [-0.2, -0.15) is 5.10 Å². The molecule has 0 radical (unpaired) electrons. The molecule has 3 rings (SSSR count). The third-order valence-electron chi connectivity index (χ3n) is 2.88. The molecule has 0 saturated carbocycles. The van der Waals surface area contributed by atoms with Crippen LogP contribution in [0.4, 0.5) is 11.5 Å². The van der Waals surface area contributed by atoms with Crippen molar-refractivity contribution in [1.29, 1.82) is 0 Å². The number of rotatable bonds is 5. The Morgan fingerprint density at radius 1 is 1.20 bits per heavy atom. The van der Waals surface area contributed by atoms with Crippen molar-refractivity contribution in [2.75, 3.05) is 19.0 Å². The van der Waals surface area contributed by atoms with Crippen LogP contribution in [0.25, 0.3) is 11.0 Å². The average molecular weight is 269 g/mol. The summed E-state index contributed by atoms with van der Waals surface area (Å²) in [7, 11) is 1.67. The van der Waals surface area contributed by atoms with Gasteiger partial charge in [-0.15, -0.1) is 0 Å². The van der Waals surface area contributed by atoms with E-state index >= 15 is 0 Å². The molecule has 102 valence electrons. The van der Waals surface area contributed by atoms with Crippen LogP contribution in [-0.2, 0) is 11.3 Å². The fourth-order valence-corrected chi connectivity index (χ4v) is 1.90. The fourth-order valence-electron chi connectivity index (χ4n) is 1.90. The molecule has 0 amide bonds. The van der Waals surface area contributed by atoms with Crippen LogP contribution in [0, 0.1) is 0 Å². The van der Waals surface area contributed by atoms with Crippen LogP contribution in [0.5, 0.6) is 0 Å². The number of anilines is 2. The first-order valence-corrected chi connectivity index (χ1v) is 6.35. The lowest BCUT2D eigenvalue weighted by Crippen LogP contribution is -2.04.